The van der Waals surface area contributed by atoms with E-state index < -0.39 is 0 Å². The minimum atomic E-state index is 0.0537. The molecule has 3 rings (SSSR count). The Morgan fingerprint density at radius 3 is 2.60 bits per heavy atom. The lowest BCUT2D eigenvalue weighted by Crippen LogP contribution is -2.66. The van der Waals surface area contributed by atoms with Gasteiger partial charge in [-0.15, -0.1) is 6.58 Å². The zero-order valence-electron chi connectivity index (χ0n) is 12.6. The molecule has 0 bridgehead atoms. The summed E-state index contributed by atoms with van der Waals surface area (Å²) in [5, 5.41) is 3.86. The Labute approximate surface area is 122 Å². The van der Waals surface area contributed by atoms with Crippen molar-refractivity contribution < 1.29 is 0 Å². The predicted octanol–water partition coefficient (Wildman–Crippen LogP) is 3.31. The lowest BCUT2D eigenvalue weighted by Gasteiger charge is -2.52. The molecule has 1 aromatic rings. The number of nitrogens with one attached hydrogen (secondary N) is 1. The molecule has 1 atom stereocenters. The zero-order valence-corrected chi connectivity index (χ0v) is 12.6. The van der Waals surface area contributed by atoms with Crippen LogP contribution in [-0.2, 0) is 5.54 Å². The van der Waals surface area contributed by atoms with E-state index in [2.05, 4.69) is 60.1 Å². The molecule has 2 nitrogen and oxygen atoms in total. The average Bonchev–Trinajstić information content (AvgIpc) is 2.95. The summed E-state index contributed by atoms with van der Waals surface area (Å²) in [5.74, 6) is 0. The fourth-order valence-electron chi connectivity index (χ4n) is 4.02. The largest absolute Gasteiger partial charge is 0.305 e. The summed E-state index contributed by atoms with van der Waals surface area (Å²) < 4.78 is 0. The highest BCUT2D eigenvalue weighted by Crippen LogP contribution is 2.40. The van der Waals surface area contributed by atoms with E-state index in [0.29, 0.717) is 5.54 Å². The van der Waals surface area contributed by atoms with Crippen molar-refractivity contribution in [3.05, 3.63) is 48.6 Å². The molecule has 1 aliphatic heterocycles. The second kappa shape index (κ2) is 5.34. The van der Waals surface area contributed by atoms with Crippen LogP contribution in [-0.4, -0.2) is 30.1 Å². The molecule has 0 amide bonds. The fourth-order valence-corrected chi connectivity index (χ4v) is 4.02. The topological polar surface area (TPSA) is 15.3 Å². The van der Waals surface area contributed by atoms with Crippen LogP contribution in [0, 0.1) is 0 Å². The Morgan fingerprint density at radius 1 is 1.25 bits per heavy atom. The van der Waals surface area contributed by atoms with Gasteiger partial charge >= 0.3 is 0 Å². The standard InChI is InChI=1S/C18H26N2/c1-3-13-20-15-17(2,16-9-5-4-6-10-16)19-14-18(20)11-7-8-12-18/h3-6,9-10,19H,1,7-8,11-15H2,2H3. The first-order valence-corrected chi connectivity index (χ1v) is 7.85. The Hall–Kier alpha value is -1.12. The van der Waals surface area contributed by atoms with Crippen LogP contribution in [0.15, 0.2) is 43.0 Å². The zero-order chi connectivity index (χ0) is 14.1. The third kappa shape index (κ3) is 2.32. The smallest absolute Gasteiger partial charge is 0.0535 e. The summed E-state index contributed by atoms with van der Waals surface area (Å²) in [6.45, 7) is 9.48. The molecular weight excluding hydrogens is 244 g/mol. The van der Waals surface area contributed by atoms with E-state index in [1.807, 2.05) is 0 Å². The van der Waals surface area contributed by atoms with Crippen molar-refractivity contribution in [2.45, 2.75) is 43.7 Å². The minimum Gasteiger partial charge on any atom is -0.305 e. The van der Waals surface area contributed by atoms with Crippen LogP contribution in [0.2, 0.25) is 0 Å². The van der Waals surface area contributed by atoms with Gasteiger partial charge in [0.25, 0.3) is 0 Å². The molecule has 108 valence electrons. The van der Waals surface area contributed by atoms with Crippen molar-refractivity contribution in [1.82, 2.24) is 10.2 Å². The van der Waals surface area contributed by atoms with Crippen LogP contribution in [0.1, 0.15) is 38.2 Å². The normalized spacial score (nSPS) is 29.6. The summed E-state index contributed by atoms with van der Waals surface area (Å²) in [4.78, 5) is 2.68. The van der Waals surface area contributed by atoms with Gasteiger partial charge in [-0.2, -0.15) is 0 Å². The van der Waals surface area contributed by atoms with Gasteiger partial charge in [0.1, 0.15) is 0 Å². The van der Waals surface area contributed by atoms with Crippen molar-refractivity contribution in [3.8, 4) is 0 Å². The highest BCUT2D eigenvalue weighted by atomic mass is 15.3. The third-order valence-corrected chi connectivity index (χ3v) is 5.28. The van der Waals surface area contributed by atoms with Crippen LogP contribution in [0.5, 0.6) is 0 Å². The van der Waals surface area contributed by atoms with Crippen LogP contribution < -0.4 is 5.32 Å². The lowest BCUT2D eigenvalue weighted by atomic mass is 9.82. The van der Waals surface area contributed by atoms with E-state index in [-0.39, 0.29) is 5.54 Å². The molecule has 1 saturated carbocycles. The maximum absolute atomic E-state index is 3.97. The summed E-state index contributed by atoms with van der Waals surface area (Å²) in [6, 6.07) is 10.9. The summed E-state index contributed by atoms with van der Waals surface area (Å²) >= 11 is 0. The molecule has 1 N–H and O–H groups in total. The number of nitrogens with zero attached hydrogens (tertiary/aromatic N) is 1. The van der Waals surface area contributed by atoms with Crippen molar-refractivity contribution in [1.29, 1.82) is 0 Å². The van der Waals surface area contributed by atoms with Gasteiger partial charge < -0.3 is 5.32 Å². The van der Waals surface area contributed by atoms with E-state index in [0.717, 1.165) is 19.6 Å². The first-order valence-electron chi connectivity index (χ1n) is 7.85. The maximum atomic E-state index is 3.97. The number of hydrogen-bond acceptors (Lipinski definition) is 2. The van der Waals surface area contributed by atoms with Gasteiger partial charge in [0.05, 0.1) is 5.54 Å². The van der Waals surface area contributed by atoms with Crippen molar-refractivity contribution in [2.24, 2.45) is 0 Å². The number of rotatable bonds is 3. The lowest BCUT2D eigenvalue weighted by molar-refractivity contribution is 0.0214. The summed E-state index contributed by atoms with van der Waals surface area (Å²) in [5.41, 5.74) is 1.82. The predicted molar refractivity (Wildman–Crippen MR) is 84.8 cm³/mol. The Bertz CT molecular complexity index is 462. The van der Waals surface area contributed by atoms with Gasteiger partial charge in [0.2, 0.25) is 0 Å². The molecule has 1 unspecified atom stereocenters. The Kier molecular flexibility index (Phi) is 3.70. The second-order valence-corrected chi connectivity index (χ2v) is 6.65. The third-order valence-electron chi connectivity index (χ3n) is 5.28. The van der Waals surface area contributed by atoms with E-state index in [9.17, 15) is 0 Å². The van der Waals surface area contributed by atoms with Gasteiger partial charge in [0.15, 0.2) is 0 Å². The maximum Gasteiger partial charge on any atom is 0.0535 e. The molecule has 1 aromatic carbocycles. The fraction of sp³-hybridized carbons (Fsp3) is 0.556. The first kappa shape index (κ1) is 13.8. The van der Waals surface area contributed by atoms with Crippen LogP contribution in [0.4, 0.5) is 0 Å². The molecule has 2 fully saturated rings. The Balaban J connectivity index is 1.86. The van der Waals surface area contributed by atoms with E-state index in [4.69, 9.17) is 0 Å². The van der Waals surface area contributed by atoms with Crippen molar-refractivity contribution in [2.75, 3.05) is 19.6 Å². The van der Waals surface area contributed by atoms with Gasteiger partial charge in [-0.25, -0.2) is 0 Å². The van der Waals surface area contributed by atoms with E-state index in [1.54, 1.807) is 0 Å². The van der Waals surface area contributed by atoms with Gasteiger partial charge in [-0.1, -0.05) is 49.2 Å². The minimum absolute atomic E-state index is 0.0537. The van der Waals surface area contributed by atoms with Gasteiger partial charge in [0, 0.05) is 25.2 Å². The molecule has 2 heteroatoms. The molecule has 20 heavy (non-hydrogen) atoms. The monoisotopic (exact) mass is 270 g/mol. The number of hydrogen-bond donors (Lipinski definition) is 1. The van der Waals surface area contributed by atoms with Crippen molar-refractivity contribution >= 4 is 0 Å². The molecule has 1 aliphatic carbocycles. The van der Waals surface area contributed by atoms with E-state index >= 15 is 0 Å². The van der Waals surface area contributed by atoms with Gasteiger partial charge in [-0.05, 0) is 25.3 Å². The van der Waals surface area contributed by atoms with Crippen LogP contribution in [0.3, 0.4) is 0 Å². The quantitative estimate of drug-likeness (QED) is 0.848. The average molecular weight is 270 g/mol. The first-order chi connectivity index (χ1) is 9.69. The molecular formula is C18H26N2. The van der Waals surface area contributed by atoms with Crippen LogP contribution >= 0.6 is 0 Å². The van der Waals surface area contributed by atoms with Gasteiger partial charge in [-0.3, -0.25) is 4.90 Å². The molecule has 2 aliphatic rings. The highest BCUT2D eigenvalue weighted by Gasteiger charge is 2.46. The molecule has 0 radical (unpaired) electrons. The molecule has 1 spiro atoms. The summed E-state index contributed by atoms with van der Waals surface area (Å²) in [7, 11) is 0. The second-order valence-electron chi connectivity index (χ2n) is 6.65. The number of benzene rings is 1. The SMILES string of the molecule is C=CCN1CC(C)(c2ccccc2)NCC12CCCC2. The Morgan fingerprint density at radius 2 is 1.95 bits per heavy atom. The summed E-state index contributed by atoms with van der Waals surface area (Å²) in [6.07, 6.45) is 7.48. The van der Waals surface area contributed by atoms with Crippen LogP contribution in [0.25, 0.3) is 0 Å². The molecule has 1 heterocycles. The van der Waals surface area contributed by atoms with Crippen molar-refractivity contribution in [3.63, 3.8) is 0 Å². The highest BCUT2D eigenvalue weighted by molar-refractivity contribution is 5.26. The number of piperazine rings is 1. The van der Waals surface area contributed by atoms with E-state index in [1.165, 1.54) is 31.2 Å². The molecule has 1 saturated heterocycles. The molecule has 0 aromatic heterocycles.